The van der Waals surface area contributed by atoms with Gasteiger partial charge in [0.25, 0.3) is 0 Å². The first-order valence-corrected chi connectivity index (χ1v) is 8.66. The molecule has 0 aliphatic carbocycles. The third-order valence-electron chi connectivity index (χ3n) is 3.28. The molecule has 1 aromatic rings. The molecule has 1 aromatic carbocycles. The summed E-state index contributed by atoms with van der Waals surface area (Å²) in [7, 11) is 0. The zero-order valence-corrected chi connectivity index (χ0v) is 37.2. The van der Waals surface area contributed by atoms with E-state index in [1.165, 1.54) is 12.1 Å². The molecule has 172 valence electrons. The Labute approximate surface area is 425 Å². The average Bonchev–Trinajstić information content (AvgIpc) is 2.64. The number of carbonyl (C=O) groups is 5. The van der Waals surface area contributed by atoms with Gasteiger partial charge in [0, 0.05) is 44.3 Å². The monoisotopic (exact) mass is 654 g/mol. The van der Waals surface area contributed by atoms with E-state index in [-0.39, 0.29) is 276 Å². The zero-order chi connectivity index (χ0) is 24.0. The van der Waals surface area contributed by atoms with Crippen molar-refractivity contribution in [1.29, 1.82) is 0 Å². The Morgan fingerprint density at radius 2 is 1.03 bits per heavy atom. The Morgan fingerprint density at radius 3 is 1.28 bits per heavy atom. The van der Waals surface area contributed by atoms with E-state index in [0.29, 0.717) is 5.02 Å². The van der Waals surface area contributed by atoms with E-state index in [1.807, 2.05) is 0 Å². The molecule has 0 amide bonds. The summed E-state index contributed by atoms with van der Waals surface area (Å²) in [6.45, 7) is -3.25. The Bertz CT molecular complexity index is 740. The van der Waals surface area contributed by atoms with Crippen LogP contribution >= 0.6 is 11.6 Å². The third-order valence-corrected chi connectivity index (χ3v) is 3.51. The van der Waals surface area contributed by atoms with Crippen LogP contribution in [0.25, 0.3) is 0 Å². The van der Waals surface area contributed by atoms with Crippen molar-refractivity contribution in [2.24, 2.45) is 0 Å². The Morgan fingerprint density at radius 1 is 0.694 bits per heavy atom. The Kier molecular flexibility index (Phi) is 48.8. The summed E-state index contributed by atoms with van der Waals surface area (Å²) >= 11 is 5.54. The third kappa shape index (κ3) is 31.8. The van der Waals surface area contributed by atoms with Crippen LogP contribution in [0.3, 0.4) is 0 Å². The molecule has 0 bridgehead atoms. The number of nitrogens with zero attached hydrogens (tertiary/aromatic N) is 2. The van der Waals surface area contributed by atoms with Gasteiger partial charge in [0.1, 0.15) is 0 Å². The fourth-order valence-electron chi connectivity index (χ4n) is 2.10. The summed E-state index contributed by atoms with van der Waals surface area (Å²) in [5.74, 6) is -7.04. The standard InChI is InChI=1S/C10H16N2O8.C7H5ClO3.5K/c13-7(14)3-11(4-8(15)16)1-2-12(5-9(17)18)6-10(19)20;8-6-3-1-2-5(4-6)7(9)11-10;;;;;/h1-6H2,(H,13,14)(H,15,16)(H,17,18)(H,19,20);1-4,10H;;;;;/q;;5*+1/p-5. The van der Waals surface area contributed by atoms with Crippen LogP contribution in [0.1, 0.15) is 10.4 Å². The Balaban J connectivity index is -0.000000122. The molecule has 0 spiro atoms. The molecule has 0 N–H and O–H groups in total. The van der Waals surface area contributed by atoms with Crippen molar-refractivity contribution >= 4 is 41.4 Å². The van der Waals surface area contributed by atoms with Gasteiger partial charge in [-0.15, -0.1) is 0 Å². The van der Waals surface area contributed by atoms with Gasteiger partial charge in [0.2, 0.25) is 0 Å². The summed E-state index contributed by atoms with van der Waals surface area (Å²) in [6.07, 6.45) is 0. The minimum Gasteiger partial charge on any atom is -0.661 e. The molecule has 0 aromatic heterocycles. The van der Waals surface area contributed by atoms with Gasteiger partial charge in [-0.05, 0) is 18.2 Å². The van der Waals surface area contributed by atoms with E-state index in [1.54, 1.807) is 12.1 Å². The van der Waals surface area contributed by atoms with Gasteiger partial charge in [-0.2, -0.15) is 0 Å². The predicted octanol–water partition coefficient (Wildman–Crippen LogP) is -21.6. The quantitative estimate of drug-likeness (QED) is 0.116. The number of aliphatic carboxylic acids is 4. The number of benzene rings is 1. The summed E-state index contributed by atoms with van der Waals surface area (Å²) in [4.78, 5) is 57.2. The molecule has 0 atom stereocenters. The maximum Gasteiger partial charge on any atom is 1.00 e. The van der Waals surface area contributed by atoms with Crippen LogP contribution in [-0.4, -0.2) is 78.9 Å². The van der Waals surface area contributed by atoms with Gasteiger partial charge < -0.3 is 49.7 Å². The zero-order valence-electron chi connectivity index (χ0n) is 20.8. The second-order valence-electron chi connectivity index (χ2n) is 5.79. The molecule has 13 nitrogen and oxygen atoms in total. The normalized spacial score (nSPS) is 8.78. The molecule has 19 heteroatoms. The second kappa shape index (κ2) is 32.8. The molecule has 0 aliphatic rings. The van der Waals surface area contributed by atoms with E-state index in [0.717, 1.165) is 9.80 Å². The number of carboxylic acid groups (broad SMARTS) is 4. The van der Waals surface area contributed by atoms with E-state index < -0.39 is 56.0 Å². The van der Waals surface area contributed by atoms with Crippen molar-refractivity contribution in [3.05, 3.63) is 34.9 Å². The molecule has 1 rings (SSSR count). The minimum atomic E-state index is -1.53. The number of hydrogen-bond donors (Lipinski definition) is 0. The fourth-order valence-corrected chi connectivity index (χ4v) is 2.30. The first kappa shape index (κ1) is 53.5. The van der Waals surface area contributed by atoms with Crippen LogP contribution in [0.5, 0.6) is 0 Å². The summed E-state index contributed by atoms with van der Waals surface area (Å²) < 4.78 is 0. The van der Waals surface area contributed by atoms with Gasteiger partial charge in [-0.3, -0.25) is 9.80 Å². The fraction of sp³-hybridized carbons (Fsp3) is 0.353. The van der Waals surface area contributed by atoms with Crippen LogP contribution < -0.4 is 283 Å². The second-order valence-corrected chi connectivity index (χ2v) is 6.23. The van der Waals surface area contributed by atoms with E-state index in [9.17, 15) is 49.7 Å². The van der Waals surface area contributed by atoms with Crippen molar-refractivity contribution in [2.45, 2.75) is 0 Å². The number of halogens is 1. The van der Waals surface area contributed by atoms with Gasteiger partial charge in [-0.1, -0.05) is 17.7 Å². The number of carboxylic acids is 4. The SMILES string of the molecule is O=C(O[O-])c1cccc(Cl)c1.O=C([O-])CN(CCN(CC(=O)[O-])CC(=O)[O-])CC(=O)[O-].[K+].[K+].[K+].[K+].[K+]. The van der Waals surface area contributed by atoms with Crippen LogP contribution in [0.2, 0.25) is 5.02 Å². The Hall–Kier alpha value is 4.92. The first-order valence-electron chi connectivity index (χ1n) is 8.28. The van der Waals surface area contributed by atoms with Crippen LogP contribution in [0.4, 0.5) is 0 Å². The van der Waals surface area contributed by atoms with E-state index in [2.05, 4.69) is 4.89 Å². The smallest absolute Gasteiger partial charge is 0.661 e. The number of hydrogen-bond acceptors (Lipinski definition) is 13. The number of rotatable bonds is 12. The van der Waals surface area contributed by atoms with Crippen LogP contribution in [-0.2, 0) is 24.1 Å². The number of carbonyl (C=O) groups excluding carboxylic acids is 5. The summed E-state index contributed by atoms with van der Waals surface area (Å²) in [5.41, 5.74) is 0.160. The summed E-state index contributed by atoms with van der Waals surface area (Å²) in [6, 6.07) is 5.98. The molecular weight excluding hydrogens is 639 g/mol. The molecule has 0 radical (unpaired) electrons. The van der Waals surface area contributed by atoms with Crippen molar-refractivity contribution in [3.8, 4) is 0 Å². The van der Waals surface area contributed by atoms with E-state index in [4.69, 9.17) is 11.6 Å². The molecule has 0 heterocycles. The summed E-state index contributed by atoms with van der Waals surface area (Å²) in [5, 5.41) is 51.7. The van der Waals surface area contributed by atoms with Crippen molar-refractivity contribution in [1.82, 2.24) is 9.80 Å². The van der Waals surface area contributed by atoms with Crippen LogP contribution in [0.15, 0.2) is 24.3 Å². The van der Waals surface area contributed by atoms with Gasteiger partial charge in [-0.25, -0.2) is 4.79 Å². The molecule has 0 saturated carbocycles. The van der Waals surface area contributed by atoms with Gasteiger partial charge in [0.05, 0.1) is 29.4 Å². The molecular formula is C17H16ClK5N2O11. The van der Waals surface area contributed by atoms with Crippen molar-refractivity contribution < 1.29 is 311 Å². The molecule has 0 saturated heterocycles. The van der Waals surface area contributed by atoms with Gasteiger partial charge >= 0.3 is 263 Å². The molecule has 0 unspecified atom stereocenters. The maximum absolute atomic E-state index is 10.6. The van der Waals surface area contributed by atoms with Gasteiger partial charge in [0.15, 0.2) is 0 Å². The topological polar surface area (TPSA) is 216 Å². The maximum atomic E-state index is 10.6. The average molecular weight is 655 g/mol. The minimum absolute atomic E-state index is 0. The van der Waals surface area contributed by atoms with Crippen molar-refractivity contribution in [3.63, 3.8) is 0 Å². The predicted molar refractivity (Wildman–Crippen MR) is 89.8 cm³/mol. The van der Waals surface area contributed by atoms with Crippen molar-refractivity contribution in [2.75, 3.05) is 39.3 Å². The van der Waals surface area contributed by atoms with Crippen LogP contribution in [0, 0.1) is 0 Å². The molecule has 0 fully saturated rings. The largest absolute Gasteiger partial charge is 1.00 e. The molecule has 36 heavy (non-hydrogen) atoms. The molecule has 0 aliphatic heterocycles. The first-order chi connectivity index (χ1) is 14.4. The van der Waals surface area contributed by atoms with E-state index >= 15 is 0 Å².